The molecule has 1 amide bonds. The highest BCUT2D eigenvalue weighted by Crippen LogP contribution is 2.30. The average Bonchev–Trinajstić information content (AvgIpc) is 2.54. The van der Waals surface area contributed by atoms with Crippen LogP contribution in [0.4, 0.5) is 5.69 Å². The number of amides is 1. The van der Waals surface area contributed by atoms with Crippen molar-refractivity contribution in [3.63, 3.8) is 0 Å². The van der Waals surface area contributed by atoms with Crippen molar-refractivity contribution in [1.82, 2.24) is 0 Å². The monoisotopic (exact) mass is 281 g/mol. The molecule has 1 unspecified atom stereocenters. The number of aliphatic carboxylic acids is 1. The van der Waals surface area contributed by atoms with Crippen LogP contribution in [-0.2, 0) is 11.2 Å². The maximum atomic E-state index is 12.7. The molecule has 1 N–H and O–H groups in total. The molecule has 4 heteroatoms. The van der Waals surface area contributed by atoms with E-state index in [1.807, 2.05) is 30.3 Å². The number of benzene rings is 2. The highest BCUT2D eigenvalue weighted by Gasteiger charge is 2.32. The van der Waals surface area contributed by atoms with E-state index in [1.54, 1.807) is 29.2 Å². The van der Waals surface area contributed by atoms with Crippen LogP contribution in [-0.4, -0.2) is 23.5 Å². The molecular weight excluding hydrogens is 266 g/mol. The Morgan fingerprint density at radius 1 is 1.00 bits per heavy atom. The third-order valence-electron chi connectivity index (χ3n) is 3.77. The zero-order valence-corrected chi connectivity index (χ0v) is 11.4. The Hall–Kier alpha value is -2.62. The fraction of sp³-hybridized carbons (Fsp3) is 0.176. The fourth-order valence-electron chi connectivity index (χ4n) is 2.69. The molecule has 0 spiro atoms. The molecule has 1 aliphatic rings. The Bertz CT molecular complexity index is 681. The molecule has 0 aliphatic carbocycles. The summed E-state index contributed by atoms with van der Waals surface area (Å²) in [6, 6.07) is 16.4. The third kappa shape index (κ3) is 2.52. The van der Waals surface area contributed by atoms with Gasteiger partial charge in [0.2, 0.25) is 0 Å². The molecule has 3 rings (SSSR count). The quantitative estimate of drug-likeness (QED) is 0.920. The van der Waals surface area contributed by atoms with Gasteiger partial charge in [-0.3, -0.25) is 9.59 Å². The van der Waals surface area contributed by atoms with Crippen molar-refractivity contribution >= 4 is 17.6 Å². The summed E-state index contributed by atoms with van der Waals surface area (Å²) >= 11 is 0. The first kappa shape index (κ1) is 13.4. The second-order valence-corrected chi connectivity index (χ2v) is 5.15. The van der Waals surface area contributed by atoms with Crippen LogP contribution in [0.1, 0.15) is 15.9 Å². The smallest absolute Gasteiger partial charge is 0.308 e. The molecule has 106 valence electrons. The summed E-state index contributed by atoms with van der Waals surface area (Å²) in [6.07, 6.45) is 0.462. The standard InChI is InChI=1S/C17H15NO3/c19-16(12-6-2-1-3-7-12)18-11-14(17(20)21)10-13-8-4-5-9-15(13)18/h1-9,14H,10-11H2,(H,20,21). The van der Waals surface area contributed by atoms with E-state index in [-0.39, 0.29) is 12.5 Å². The van der Waals surface area contributed by atoms with Gasteiger partial charge in [-0.2, -0.15) is 0 Å². The number of rotatable bonds is 2. The average molecular weight is 281 g/mol. The number of carboxylic acids is 1. The van der Waals surface area contributed by atoms with E-state index >= 15 is 0 Å². The van der Waals surface area contributed by atoms with Crippen molar-refractivity contribution in [2.24, 2.45) is 5.92 Å². The van der Waals surface area contributed by atoms with Gasteiger partial charge in [0.1, 0.15) is 0 Å². The van der Waals surface area contributed by atoms with Gasteiger partial charge < -0.3 is 10.0 Å². The predicted molar refractivity (Wildman–Crippen MR) is 79.4 cm³/mol. The lowest BCUT2D eigenvalue weighted by atomic mass is 9.92. The number of nitrogens with zero attached hydrogens (tertiary/aromatic N) is 1. The SMILES string of the molecule is O=C(O)C1Cc2ccccc2N(C(=O)c2ccccc2)C1. The van der Waals surface area contributed by atoms with E-state index in [9.17, 15) is 14.7 Å². The summed E-state index contributed by atoms with van der Waals surface area (Å²) in [4.78, 5) is 25.6. The number of carboxylic acid groups (broad SMARTS) is 1. The second-order valence-electron chi connectivity index (χ2n) is 5.15. The lowest BCUT2D eigenvalue weighted by molar-refractivity contribution is -0.141. The summed E-state index contributed by atoms with van der Waals surface area (Å²) in [7, 11) is 0. The maximum absolute atomic E-state index is 12.7. The van der Waals surface area contributed by atoms with Crippen molar-refractivity contribution in [1.29, 1.82) is 0 Å². The molecule has 21 heavy (non-hydrogen) atoms. The summed E-state index contributed by atoms with van der Waals surface area (Å²) in [5, 5.41) is 9.30. The van der Waals surface area contributed by atoms with Crippen LogP contribution in [0.25, 0.3) is 0 Å². The van der Waals surface area contributed by atoms with E-state index in [1.165, 1.54) is 0 Å². The van der Waals surface area contributed by atoms with Gasteiger partial charge in [-0.25, -0.2) is 0 Å². The number of carbonyl (C=O) groups is 2. The molecule has 0 radical (unpaired) electrons. The van der Waals surface area contributed by atoms with Crippen molar-refractivity contribution in [3.05, 3.63) is 65.7 Å². The van der Waals surface area contributed by atoms with Gasteiger partial charge in [0.25, 0.3) is 5.91 Å². The van der Waals surface area contributed by atoms with Gasteiger partial charge in [0, 0.05) is 17.8 Å². The summed E-state index contributed by atoms with van der Waals surface area (Å²) in [6.45, 7) is 0.208. The molecule has 1 heterocycles. The first-order valence-corrected chi connectivity index (χ1v) is 6.84. The first-order valence-electron chi connectivity index (χ1n) is 6.84. The molecule has 1 atom stereocenters. The van der Waals surface area contributed by atoms with Gasteiger partial charge in [-0.1, -0.05) is 36.4 Å². The largest absolute Gasteiger partial charge is 0.481 e. The minimum Gasteiger partial charge on any atom is -0.481 e. The van der Waals surface area contributed by atoms with Crippen molar-refractivity contribution < 1.29 is 14.7 Å². The lowest BCUT2D eigenvalue weighted by Crippen LogP contribution is -2.42. The van der Waals surface area contributed by atoms with E-state index in [4.69, 9.17) is 0 Å². The predicted octanol–water partition coefficient (Wildman–Crippen LogP) is 2.59. The van der Waals surface area contributed by atoms with Crippen molar-refractivity contribution in [2.75, 3.05) is 11.4 Å². The Morgan fingerprint density at radius 3 is 2.38 bits per heavy atom. The van der Waals surface area contributed by atoms with Crippen molar-refractivity contribution in [3.8, 4) is 0 Å². The molecule has 0 saturated carbocycles. The summed E-state index contributed by atoms with van der Waals surface area (Å²) in [5.74, 6) is -1.59. The molecule has 0 fully saturated rings. The Kier molecular flexibility index (Phi) is 3.44. The van der Waals surface area contributed by atoms with Gasteiger partial charge >= 0.3 is 5.97 Å². The highest BCUT2D eigenvalue weighted by molar-refractivity contribution is 6.07. The number of anilines is 1. The van der Waals surface area contributed by atoms with Crippen LogP contribution in [0.15, 0.2) is 54.6 Å². The van der Waals surface area contributed by atoms with Gasteiger partial charge in [-0.05, 0) is 30.2 Å². The Morgan fingerprint density at radius 2 is 1.67 bits per heavy atom. The number of carbonyl (C=O) groups excluding carboxylic acids is 1. The van der Waals surface area contributed by atoms with Crippen LogP contribution in [0, 0.1) is 5.92 Å². The van der Waals surface area contributed by atoms with Crippen LogP contribution in [0.2, 0.25) is 0 Å². The fourth-order valence-corrected chi connectivity index (χ4v) is 2.69. The molecule has 0 bridgehead atoms. The molecular formula is C17H15NO3. The molecule has 2 aromatic rings. The zero-order chi connectivity index (χ0) is 14.8. The molecule has 0 aromatic heterocycles. The molecule has 2 aromatic carbocycles. The van der Waals surface area contributed by atoms with Crippen LogP contribution < -0.4 is 4.90 Å². The summed E-state index contributed by atoms with van der Waals surface area (Å²) in [5.41, 5.74) is 2.28. The Labute approximate surface area is 122 Å². The minimum absolute atomic E-state index is 0.158. The third-order valence-corrected chi connectivity index (χ3v) is 3.77. The lowest BCUT2D eigenvalue weighted by Gasteiger charge is -2.33. The second kappa shape index (κ2) is 5.40. The molecule has 4 nitrogen and oxygen atoms in total. The number of hydrogen-bond donors (Lipinski definition) is 1. The topological polar surface area (TPSA) is 57.6 Å². The van der Waals surface area contributed by atoms with Crippen LogP contribution >= 0.6 is 0 Å². The molecule has 0 saturated heterocycles. The maximum Gasteiger partial charge on any atom is 0.308 e. The van der Waals surface area contributed by atoms with Crippen molar-refractivity contribution in [2.45, 2.75) is 6.42 Å². The van der Waals surface area contributed by atoms with Gasteiger partial charge in [0.15, 0.2) is 0 Å². The number of para-hydroxylation sites is 1. The van der Waals surface area contributed by atoms with Gasteiger partial charge in [0.05, 0.1) is 5.92 Å². The molecule has 1 aliphatic heterocycles. The normalized spacial score (nSPS) is 17.1. The van der Waals surface area contributed by atoms with E-state index in [2.05, 4.69) is 0 Å². The first-order chi connectivity index (χ1) is 10.2. The zero-order valence-electron chi connectivity index (χ0n) is 11.4. The van der Waals surface area contributed by atoms with E-state index in [0.29, 0.717) is 12.0 Å². The number of hydrogen-bond acceptors (Lipinski definition) is 2. The minimum atomic E-state index is -0.865. The van der Waals surface area contributed by atoms with Gasteiger partial charge in [-0.15, -0.1) is 0 Å². The van der Waals surface area contributed by atoms with E-state index < -0.39 is 11.9 Å². The highest BCUT2D eigenvalue weighted by atomic mass is 16.4. The Balaban J connectivity index is 2.00. The van der Waals surface area contributed by atoms with Crippen LogP contribution in [0.5, 0.6) is 0 Å². The van der Waals surface area contributed by atoms with Crippen LogP contribution in [0.3, 0.4) is 0 Å². The van der Waals surface area contributed by atoms with E-state index in [0.717, 1.165) is 11.3 Å². The number of fused-ring (bicyclic) bond motifs is 1. The summed E-state index contributed by atoms with van der Waals surface area (Å²) < 4.78 is 0.